The van der Waals surface area contributed by atoms with Crippen LogP contribution in [0, 0.1) is 0 Å². The standard InChI is InChI=1S/C16H18O4/c1-16(2,3)12-4-6-13(7-5-12)20-10-11-8-9-19-14(11)15(17)18/h4-9H,10H2,1-3H3,(H,17,18). The van der Waals surface area contributed by atoms with Crippen LogP contribution < -0.4 is 4.74 Å². The molecule has 20 heavy (non-hydrogen) atoms. The highest BCUT2D eigenvalue weighted by Crippen LogP contribution is 2.24. The third-order valence-corrected chi connectivity index (χ3v) is 3.06. The smallest absolute Gasteiger partial charge is 0.372 e. The van der Waals surface area contributed by atoms with E-state index in [2.05, 4.69) is 20.8 Å². The van der Waals surface area contributed by atoms with Crippen LogP contribution >= 0.6 is 0 Å². The summed E-state index contributed by atoms with van der Waals surface area (Å²) in [5, 5.41) is 8.93. The maximum absolute atomic E-state index is 10.9. The molecule has 0 amide bonds. The number of carboxylic acid groups (broad SMARTS) is 1. The summed E-state index contributed by atoms with van der Waals surface area (Å²) >= 11 is 0. The van der Waals surface area contributed by atoms with Gasteiger partial charge in [-0.1, -0.05) is 32.9 Å². The molecule has 0 unspecified atom stereocenters. The molecule has 0 saturated heterocycles. The first-order chi connectivity index (χ1) is 9.38. The zero-order valence-corrected chi connectivity index (χ0v) is 11.8. The SMILES string of the molecule is CC(C)(C)c1ccc(OCc2ccoc2C(=O)O)cc1. The molecule has 1 aromatic carbocycles. The number of rotatable bonds is 4. The zero-order chi connectivity index (χ0) is 14.8. The molecule has 2 rings (SSSR count). The molecule has 0 radical (unpaired) electrons. The van der Waals surface area contributed by atoms with Crippen molar-refractivity contribution in [2.45, 2.75) is 32.8 Å². The number of benzene rings is 1. The number of furan rings is 1. The lowest BCUT2D eigenvalue weighted by Crippen LogP contribution is -2.10. The first-order valence-electron chi connectivity index (χ1n) is 6.41. The highest BCUT2D eigenvalue weighted by atomic mass is 16.5. The van der Waals surface area contributed by atoms with Gasteiger partial charge in [-0.3, -0.25) is 0 Å². The maximum atomic E-state index is 10.9. The van der Waals surface area contributed by atoms with Gasteiger partial charge in [-0.05, 0) is 29.2 Å². The Morgan fingerprint density at radius 2 is 1.85 bits per heavy atom. The van der Waals surface area contributed by atoms with Gasteiger partial charge < -0.3 is 14.3 Å². The average molecular weight is 274 g/mol. The minimum Gasteiger partial charge on any atom is -0.489 e. The largest absolute Gasteiger partial charge is 0.489 e. The molecule has 0 saturated carbocycles. The Balaban J connectivity index is 2.04. The molecule has 4 nitrogen and oxygen atoms in total. The van der Waals surface area contributed by atoms with Crippen LogP contribution in [0.2, 0.25) is 0 Å². The van der Waals surface area contributed by atoms with Crippen LogP contribution in [0.1, 0.15) is 42.5 Å². The van der Waals surface area contributed by atoms with E-state index in [1.807, 2.05) is 24.3 Å². The van der Waals surface area contributed by atoms with Gasteiger partial charge in [0, 0.05) is 5.56 Å². The second kappa shape index (κ2) is 5.41. The molecule has 4 heteroatoms. The predicted octanol–water partition coefficient (Wildman–Crippen LogP) is 3.85. The molecule has 0 fully saturated rings. The Bertz CT molecular complexity index is 588. The van der Waals surface area contributed by atoms with Crippen LogP contribution in [0.3, 0.4) is 0 Å². The van der Waals surface area contributed by atoms with Crippen LogP contribution in [-0.2, 0) is 12.0 Å². The van der Waals surface area contributed by atoms with Crippen LogP contribution in [0.25, 0.3) is 0 Å². The summed E-state index contributed by atoms with van der Waals surface area (Å²) in [4.78, 5) is 10.9. The van der Waals surface area contributed by atoms with Gasteiger partial charge >= 0.3 is 5.97 Å². The Morgan fingerprint density at radius 1 is 1.20 bits per heavy atom. The summed E-state index contributed by atoms with van der Waals surface area (Å²) in [6, 6.07) is 9.42. The minimum atomic E-state index is -1.09. The van der Waals surface area contributed by atoms with E-state index in [-0.39, 0.29) is 17.8 Å². The predicted molar refractivity (Wildman–Crippen MR) is 75.1 cm³/mol. The number of aromatic carboxylic acids is 1. The summed E-state index contributed by atoms with van der Waals surface area (Å²) in [6.45, 7) is 6.61. The van der Waals surface area contributed by atoms with Crippen LogP contribution in [0.4, 0.5) is 0 Å². The highest BCUT2D eigenvalue weighted by Gasteiger charge is 2.15. The fourth-order valence-electron chi connectivity index (χ4n) is 1.85. The number of ether oxygens (including phenoxy) is 1. The van der Waals surface area contributed by atoms with Gasteiger partial charge in [-0.2, -0.15) is 0 Å². The molecule has 106 valence electrons. The molecule has 2 aromatic rings. The Labute approximate surface area is 118 Å². The lowest BCUT2D eigenvalue weighted by Gasteiger charge is -2.19. The van der Waals surface area contributed by atoms with Gasteiger partial charge in [0.2, 0.25) is 5.76 Å². The Morgan fingerprint density at radius 3 is 2.40 bits per heavy atom. The van der Waals surface area contributed by atoms with Crippen molar-refractivity contribution in [3.05, 3.63) is 53.5 Å². The number of carbonyl (C=O) groups is 1. The number of hydrogen-bond acceptors (Lipinski definition) is 3. The lowest BCUT2D eigenvalue weighted by atomic mass is 9.87. The van der Waals surface area contributed by atoms with Gasteiger partial charge in [0.25, 0.3) is 0 Å². The summed E-state index contributed by atoms with van der Waals surface area (Å²) in [5.41, 5.74) is 1.84. The molecule has 0 atom stereocenters. The van der Waals surface area contributed by atoms with Gasteiger partial charge in [0.1, 0.15) is 12.4 Å². The van der Waals surface area contributed by atoms with Crippen LogP contribution in [0.5, 0.6) is 5.75 Å². The first kappa shape index (κ1) is 14.2. The van der Waals surface area contributed by atoms with Crippen molar-refractivity contribution in [1.82, 2.24) is 0 Å². The van der Waals surface area contributed by atoms with E-state index in [9.17, 15) is 4.79 Å². The third-order valence-electron chi connectivity index (χ3n) is 3.06. The van der Waals surface area contributed by atoms with Gasteiger partial charge in [0.15, 0.2) is 0 Å². The van der Waals surface area contributed by atoms with E-state index in [0.717, 1.165) is 0 Å². The van der Waals surface area contributed by atoms with E-state index in [4.69, 9.17) is 14.3 Å². The number of hydrogen-bond donors (Lipinski definition) is 1. The van der Waals surface area contributed by atoms with Crippen molar-refractivity contribution >= 4 is 5.97 Å². The molecule has 0 aliphatic carbocycles. The molecule has 1 heterocycles. The fourth-order valence-corrected chi connectivity index (χ4v) is 1.85. The van der Waals surface area contributed by atoms with Gasteiger partial charge in [0.05, 0.1) is 6.26 Å². The summed E-state index contributed by atoms with van der Waals surface area (Å²) < 4.78 is 10.5. The summed E-state index contributed by atoms with van der Waals surface area (Å²) in [6.07, 6.45) is 1.35. The minimum absolute atomic E-state index is 0.0729. The first-order valence-corrected chi connectivity index (χ1v) is 6.41. The van der Waals surface area contributed by atoms with Crippen molar-refractivity contribution < 1.29 is 19.1 Å². The molecule has 0 aliphatic rings. The second-order valence-corrected chi connectivity index (χ2v) is 5.64. The quantitative estimate of drug-likeness (QED) is 0.919. The topological polar surface area (TPSA) is 59.7 Å². The Hall–Kier alpha value is -2.23. The van der Waals surface area contributed by atoms with Gasteiger partial charge in [-0.15, -0.1) is 0 Å². The molecule has 1 aromatic heterocycles. The number of carboxylic acids is 1. The van der Waals surface area contributed by atoms with Gasteiger partial charge in [-0.25, -0.2) is 4.79 Å². The second-order valence-electron chi connectivity index (χ2n) is 5.64. The molecule has 0 aliphatic heterocycles. The molecule has 1 N–H and O–H groups in total. The van der Waals surface area contributed by atoms with E-state index in [1.54, 1.807) is 6.07 Å². The highest BCUT2D eigenvalue weighted by molar-refractivity contribution is 5.86. The van der Waals surface area contributed by atoms with Crippen molar-refractivity contribution in [1.29, 1.82) is 0 Å². The third kappa shape index (κ3) is 3.20. The zero-order valence-electron chi connectivity index (χ0n) is 11.8. The van der Waals surface area contributed by atoms with Crippen LogP contribution in [-0.4, -0.2) is 11.1 Å². The summed E-state index contributed by atoms with van der Waals surface area (Å²) in [7, 11) is 0. The van der Waals surface area contributed by atoms with E-state index in [1.165, 1.54) is 11.8 Å². The fraction of sp³-hybridized carbons (Fsp3) is 0.312. The van der Waals surface area contributed by atoms with Crippen molar-refractivity contribution in [3.8, 4) is 5.75 Å². The maximum Gasteiger partial charge on any atom is 0.372 e. The monoisotopic (exact) mass is 274 g/mol. The van der Waals surface area contributed by atoms with Crippen molar-refractivity contribution in [2.24, 2.45) is 0 Å². The van der Waals surface area contributed by atoms with E-state index >= 15 is 0 Å². The lowest BCUT2D eigenvalue weighted by molar-refractivity contribution is 0.0658. The Kier molecular flexibility index (Phi) is 3.84. The summed E-state index contributed by atoms with van der Waals surface area (Å²) in [5.74, 6) is -0.455. The molecular weight excluding hydrogens is 256 g/mol. The van der Waals surface area contributed by atoms with E-state index < -0.39 is 5.97 Å². The normalized spacial score (nSPS) is 11.3. The van der Waals surface area contributed by atoms with Crippen molar-refractivity contribution in [2.75, 3.05) is 0 Å². The molecular formula is C16H18O4. The average Bonchev–Trinajstić information content (AvgIpc) is 2.84. The van der Waals surface area contributed by atoms with Crippen molar-refractivity contribution in [3.63, 3.8) is 0 Å². The molecule has 0 bridgehead atoms. The van der Waals surface area contributed by atoms with E-state index in [0.29, 0.717) is 11.3 Å². The molecule has 0 spiro atoms. The van der Waals surface area contributed by atoms with Crippen LogP contribution in [0.15, 0.2) is 41.0 Å².